The highest BCUT2D eigenvalue weighted by atomic mass is 32.1. The molecular formula is C17H27NOS. The van der Waals surface area contributed by atoms with Gasteiger partial charge >= 0.3 is 0 Å². The molecule has 0 bridgehead atoms. The summed E-state index contributed by atoms with van der Waals surface area (Å²) in [6.45, 7) is 3.56. The Kier molecular flexibility index (Phi) is 4.79. The Hall–Kier alpha value is -0.380. The highest BCUT2D eigenvalue weighted by Crippen LogP contribution is 2.43. The first-order valence-electron chi connectivity index (χ1n) is 8.28. The quantitative estimate of drug-likeness (QED) is 0.910. The zero-order chi connectivity index (χ0) is 13.8. The second-order valence-corrected chi connectivity index (χ2v) is 7.51. The van der Waals surface area contributed by atoms with Crippen molar-refractivity contribution < 1.29 is 5.11 Å². The maximum atomic E-state index is 11.3. The predicted octanol–water partition coefficient (Wildman–Crippen LogP) is 4.00. The monoisotopic (exact) mass is 293 g/mol. The van der Waals surface area contributed by atoms with Crippen molar-refractivity contribution in [1.29, 1.82) is 0 Å². The molecule has 1 aliphatic heterocycles. The van der Waals surface area contributed by atoms with Gasteiger partial charge in [0.25, 0.3) is 0 Å². The van der Waals surface area contributed by atoms with Gasteiger partial charge < -0.3 is 10.0 Å². The van der Waals surface area contributed by atoms with Crippen LogP contribution in [0.1, 0.15) is 56.2 Å². The minimum atomic E-state index is -0.557. The fourth-order valence-electron chi connectivity index (χ4n) is 3.95. The van der Waals surface area contributed by atoms with Gasteiger partial charge in [0.05, 0.1) is 0 Å². The van der Waals surface area contributed by atoms with E-state index in [0.717, 1.165) is 13.0 Å². The van der Waals surface area contributed by atoms with E-state index in [4.69, 9.17) is 0 Å². The van der Waals surface area contributed by atoms with Crippen molar-refractivity contribution in [3.05, 3.63) is 22.4 Å². The standard InChI is InChI=1S/C17H27NOS/c19-17(16-9-7-13-20-16)10-4-3-8-15(17)14-18-11-5-1-2-6-12-18/h7,9,13,15,19H,1-6,8,10-12,14H2. The second-order valence-electron chi connectivity index (χ2n) is 6.56. The van der Waals surface area contributed by atoms with Gasteiger partial charge in [0, 0.05) is 17.3 Å². The van der Waals surface area contributed by atoms with Crippen LogP contribution in [0, 0.1) is 5.92 Å². The average molecular weight is 293 g/mol. The Bertz CT molecular complexity index is 397. The van der Waals surface area contributed by atoms with Crippen molar-refractivity contribution in [2.24, 2.45) is 5.92 Å². The third-order valence-electron chi connectivity index (χ3n) is 5.16. The summed E-state index contributed by atoms with van der Waals surface area (Å²) in [5, 5.41) is 13.4. The molecule has 0 aromatic carbocycles. The smallest absolute Gasteiger partial charge is 0.103 e. The van der Waals surface area contributed by atoms with E-state index in [2.05, 4.69) is 22.4 Å². The number of aliphatic hydroxyl groups is 1. The summed E-state index contributed by atoms with van der Waals surface area (Å²) in [7, 11) is 0. The third kappa shape index (κ3) is 3.10. The molecule has 0 radical (unpaired) electrons. The summed E-state index contributed by atoms with van der Waals surface area (Å²) >= 11 is 1.73. The van der Waals surface area contributed by atoms with Gasteiger partial charge in [-0.2, -0.15) is 0 Å². The van der Waals surface area contributed by atoms with Crippen LogP contribution in [0.15, 0.2) is 17.5 Å². The van der Waals surface area contributed by atoms with E-state index in [0.29, 0.717) is 5.92 Å². The minimum Gasteiger partial charge on any atom is -0.384 e. The fourth-order valence-corrected chi connectivity index (χ4v) is 4.88. The van der Waals surface area contributed by atoms with Gasteiger partial charge in [-0.25, -0.2) is 0 Å². The normalized spacial score (nSPS) is 33.0. The van der Waals surface area contributed by atoms with Crippen molar-refractivity contribution in [2.75, 3.05) is 19.6 Å². The molecule has 112 valence electrons. The Labute approximate surface area is 126 Å². The molecule has 1 aromatic heterocycles. The molecular weight excluding hydrogens is 266 g/mol. The van der Waals surface area contributed by atoms with Crippen molar-refractivity contribution in [3.8, 4) is 0 Å². The van der Waals surface area contributed by atoms with E-state index in [1.54, 1.807) is 11.3 Å². The Morgan fingerprint density at radius 3 is 2.65 bits per heavy atom. The Morgan fingerprint density at radius 1 is 1.15 bits per heavy atom. The SMILES string of the molecule is OC1(c2cccs2)CCCCC1CN1CCCCCC1. The van der Waals surface area contributed by atoms with Crippen LogP contribution < -0.4 is 0 Å². The molecule has 1 saturated heterocycles. The molecule has 3 rings (SSSR count). The largest absolute Gasteiger partial charge is 0.384 e. The van der Waals surface area contributed by atoms with Gasteiger partial charge in [-0.15, -0.1) is 11.3 Å². The van der Waals surface area contributed by atoms with Crippen LogP contribution in [0.5, 0.6) is 0 Å². The number of hydrogen-bond donors (Lipinski definition) is 1. The van der Waals surface area contributed by atoms with Gasteiger partial charge in [-0.1, -0.05) is 31.7 Å². The summed E-state index contributed by atoms with van der Waals surface area (Å²) in [6, 6.07) is 4.21. The minimum absolute atomic E-state index is 0.424. The maximum absolute atomic E-state index is 11.3. The number of hydrogen-bond acceptors (Lipinski definition) is 3. The summed E-state index contributed by atoms with van der Waals surface area (Å²) < 4.78 is 0. The number of likely N-dealkylation sites (tertiary alicyclic amines) is 1. The van der Waals surface area contributed by atoms with Gasteiger partial charge in [0.1, 0.15) is 5.60 Å². The number of rotatable bonds is 3. The zero-order valence-electron chi connectivity index (χ0n) is 12.4. The molecule has 0 spiro atoms. The number of nitrogens with zero attached hydrogens (tertiary/aromatic N) is 1. The van der Waals surface area contributed by atoms with Gasteiger partial charge in [0.15, 0.2) is 0 Å². The van der Waals surface area contributed by atoms with Gasteiger partial charge in [0.2, 0.25) is 0 Å². The molecule has 0 amide bonds. The van der Waals surface area contributed by atoms with E-state index in [9.17, 15) is 5.11 Å². The van der Waals surface area contributed by atoms with Crippen molar-refractivity contribution in [3.63, 3.8) is 0 Å². The summed E-state index contributed by atoms with van der Waals surface area (Å²) in [4.78, 5) is 3.80. The lowest BCUT2D eigenvalue weighted by atomic mass is 9.74. The molecule has 3 heteroatoms. The van der Waals surface area contributed by atoms with Crippen molar-refractivity contribution in [1.82, 2.24) is 4.90 Å². The van der Waals surface area contributed by atoms with E-state index >= 15 is 0 Å². The van der Waals surface area contributed by atoms with Crippen LogP contribution >= 0.6 is 11.3 Å². The molecule has 20 heavy (non-hydrogen) atoms. The lowest BCUT2D eigenvalue weighted by molar-refractivity contribution is -0.0625. The highest BCUT2D eigenvalue weighted by Gasteiger charge is 2.41. The first kappa shape index (κ1) is 14.6. The maximum Gasteiger partial charge on any atom is 0.103 e. The summed E-state index contributed by atoms with van der Waals surface area (Å²) in [5.74, 6) is 0.424. The van der Waals surface area contributed by atoms with Crippen LogP contribution in [-0.2, 0) is 5.60 Å². The second kappa shape index (κ2) is 6.59. The molecule has 1 N–H and O–H groups in total. The van der Waals surface area contributed by atoms with Crippen LogP contribution in [-0.4, -0.2) is 29.6 Å². The topological polar surface area (TPSA) is 23.5 Å². The predicted molar refractivity (Wildman–Crippen MR) is 85.1 cm³/mol. The number of thiophene rings is 1. The lowest BCUT2D eigenvalue weighted by Crippen LogP contribution is -2.44. The van der Waals surface area contributed by atoms with Crippen LogP contribution in [0.2, 0.25) is 0 Å². The molecule has 2 heterocycles. The average Bonchev–Trinajstić information content (AvgIpc) is 2.88. The molecule has 1 aromatic rings. The summed E-state index contributed by atoms with van der Waals surface area (Å²) in [6.07, 6.45) is 10.0. The molecule has 2 nitrogen and oxygen atoms in total. The van der Waals surface area contributed by atoms with E-state index in [1.807, 2.05) is 0 Å². The van der Waals surface area contributed by atoms with Crippen molar-refractivity contribution >= 4 is 11.3 Å². The molecule has 1 saturated carbocycles. The van der Waals surface area contributed by atoms with E-state index in [1.165, 1.54) is 62.9 Å². The van der Waals surface area contributed by atoms with Gasteiger partial charge in [-0.05, 0) is 50.2 Å². The first-order valence-corrected chi connectivity index (χ1v) is 9.16. The molecule has 2 atom stereocenters. The van der Waals surface area contributed by atoms with Crippen LogP contribution in [0.3, 0.4) is 0 Å². The van der Waals surface area contributed by atoms with Crippen molar-refractivity contribution in [2.45, 2.75) is 57.0 Å². The van der Waals surface area contributed by atoms with Crippen LogP contribution in [0.25, 0.3) is 0 Å². The van der Waals surface area contributed by atoms with E-state index in [-0.39, 0.29) is 0 Å². The third-order valence-corrected chi connectivity index (χ3v) is 6.20. The fraction of sp³-hybridized carbons (Fsp3) is 0.765. The molecule has 2 fully saturated rings. The Morgan fingerprint density at radius 2 is 1.95 bits per heavy atom. The Balaban J connectivity index is 1.72. The van der Waals surface area contributed by atoms with E-state index < -0.39 is 5.60 Å². The van der Waals surface area contributed by atoms with Gasteiger partial charge in [-0.3, -0.25) is 0 Å². The molecule has 1 aliphatic carbocycles. The molecule has 2 unspecified atom stereocenters. The highest BCUT2D eigenvalue weighted by molar-refractivity contribution is 7.10. The lowest BCUT2D eigenvalue weighted by Gasteiger charge is -2.41. The zero-order valence-corrected chi connectivity index (χ0v) is 13.2. The molecule has 2 aliphatic rings. The summed E-state index contributed by atoms with van der Waals surface area (Å²) in [5.41, 5.74) is -0.557. The van der Waals surface area contributed by atoms with Crippen LogP contribution in [0.4, 0.5) is 0 Å². The first-order chi connectivity index (χ1) is 9.79.